The third-order valence-electron chi connectivity index (χ3n) is 3.42. The van der Waals surface area contributed by atoms with Crippen molar-refractivity contribution in [3.8, 4) is 0 Å². The van der Waals surface area contributed by atoms with Crippen LogP contribution in [0.1, 0.15) is 37.7 Å². The summed E-state index contributed by atoms with van der Waals surface area (Å²) >= 11 is 0. The van der Waals surface area contributed by atoms with Gasteiger partial charge in [0.1, 0.15) is 0 Å². The van der Waals surface area contributed by atoms with Crippen LogP contribution in [0.25, 0.3) is 0 Å². The molecule has 0 amide bonds. The third kappa shape index (κ3) is 4.78. The highest BCUT2D eigenvalue weighted by molar-refractivity contribution is 5.92. The van der Waals surface area contributed by atoms with E-state index < -0.39 is 0 Å². The van der Waals surface area contributed by atoms with Crippen molar-refractivity contribution in [3.63, 3.8) is 0 Å². The van der Waals surface area contributed by atoms with Gasteiger partial charge in [-0.3, -0.25) is 4.99 Å². The first-order valence-corrected chi connectivity index (χ1v) is 7.05. The SMILES string of the molecule is Cc1ccc(NC(N)=NCCC2=CCCCC2)cc1. The fraction of sp³-hybridized carbons (Fsp3) is 0.438. The zero-order valence-electron chi connectivity index (χ0n) is 11.7. The smallest absolute Gasteiger partial charge is 0.193 e. The zero-order valence-corrected chi connectivity index (χ0v) is 11.7. The predicted octanol–water partition coefficient (Wildman–Crippen LogP) is 3.61. The average molecular weight is 257 g/mol. The maximum absolute atomic E-state index is 5.88. The van der Waals surface area contributed by atoms with E-state index in [2.05, 4.69) is 35.4 Å². The molecule has 0 atom stereocenters. The van der Waals surface area contributed by atoms with E-state index in [4.69, 9.17) is 5.73 Å². The average Bonchev–Trinajstić information content (AvgIpc) is 2.43. The molecule has 1 aromatic rings. The van der Waals surface area contributed by atoms with Gasteiger partial charge < -0.3 is 11.1 Å². The Morgan fingerprint density at radius 3 is 2.74 bits per heavy atom. The molecule has 0 radical (unpaired) electrons. The van der Waals surface area contributed by atoms with Crippen LogP contribution < -0.4 is 11.1 Å². The Morgan fingerprint density at radius 2 is 2.05 bits per heavy atom. The van der Waals surface area contributed by atoms with Gasteiger partial charge in [0.2, 0.25) is 0 Å². The number of rotatable bonds is 4. The van der Waals surface area contributed by atoms with E-state index >= 15 is 0 Å². The van der Waals surface area contributed by atoms with E-state index in [0.717, 1.165) is 18.7 Å². The van der Waals surface area contributed by atoms with Crippen molar-refractivity contribution in [2.24, 2.45) is 10.7 Å². The molecule has 19 heavy (non-hydrogen) atoms. The van der Waals surface area contributed by atoms with E-state index in [1.165, 1.54) is 36.8 Å². The molecule has 0 aliphatic heterocycles. The molecule has 0 unspecified atom stereocenters. The van der Waals surface area contributed by atoms with Crippen LogP contribution in [-0.2, 0) is 0 Å². The van der Waals surface area contributed by atoms with Crippen LogP contribution in [0.2, 0.25) is 0 Å². The third-order valence-corrected chi connectivity index (χ3v) is 3.42. The summed E-state index contributed by atoms with van der Waals surface area (Å²) < 4.78 is 0. The number of nitrogens with zero attached hydrogens (tertiary/aromatic N) is 1. The molecule has 3 heteroatoms. The Morgan fingerprint density at radius 1 is 1.26 bits per heavy atom. The highest BCUT2D eigenvalue weighted by Gasteiger charge is 2.02. The molecule has 1 aliphatic carbocycles. The molecule has 1 aromatic carbocycles. The fourth-order valence-corrected chi connectivity index (χ4v) is 2.28. The number of allylic oxidation sites excluding steroid dienone is 1. The van der Waals surface area contributed by atoms with Gasteiger partial charge in [-0.2, -0.15) is 0 Å². The second-order valence-corrected chi connectivity index (χ2v) is 5.12. The van der Waals surface area contributed by atoms with Crippen LogP contribution >= 0.6 is 0 Å². The normalized spacial score (nSPS) is 16.1. The quantitative estimate of drug-likeness (QED) is 0.492. The largest absolute Gasteiger partial charge is 0.370 e. The van der Waals surface area contributed by atoms with Gasteiger partial charge in [-0.25, -0.2) is 0 Å². The summed E-state index contributed by atoms with van der Waals surface area (Å²) in [7, 11) is 0. The summed E-state index contributed by atoms with van der Waals surface area (Å²) in [6.45, 7) is 2.84. The Kier molecular flexibility index (Phi) is 5.01. The lowest BCUT2D eigenvalue weighted by Crippen LogP contribution is -2.22. The minimum absolute atomic E-state index is 0.500. The van der Waals surface area contributed by atoms with Crippen LogP contribution in [-0.4, -0.2) is 12.5 Å². The monoisotopic (exact) mass is 257 g/mol. The van der Waals surface area contributed by atoms with E-state index in [0.29, 0.717) is 5.96 Å². The van der Waals surface area contributed by atoms with Crippen molar-refractivity contribution in [1.29, 1.82) is 0 Å². The van der Waals surface area contributed by atoms with Gasteiger partial charge in [0.25, 0.3) is 0 Å². The number of nitrogens with two attached hydrogens (primary N) is 1. The molecule has 0 saturated carbocycles. The number of hydrogen-bond acceptors (Lipinski definition) is 1. The van der Waals surface area contributed by atoms with Gasteiger partial charge in [0.05, 0.1) is 0 Å². The Labute approximate surface area is 115 Å². The second kappa shape index (κ2) is 6.98. The lowest BCUT2D eigenvalue weighted by Gasteiger charge is -2.11. The number of benzene rings is 1. The maximum atomic E-state index is 5.88. The molecule has 0 aromatic heterocycles. The Hall–Kier alpha value is -1.77. The van der Waals surface area contributed by atoms with E-state index in [9.17, 15) is 0 Å². The molecule has 3 N–H and O–H groups in total. The molecule has 0 fully saturated rings. The lowest BCUT2D eigenvalue weighted by molar-refractivity contribution is 0.676. The molecule has 2 rings (SSSR count). The summed E-state index contributed by atoms with van der Waals surface area (Å²) in [6, 6.07) is 8.15. The number of anilines is 1. The maximum Gasteiger partial charge on any atom is 0.193 e. The summed E-state index contributed by atoms with van der Waals surface area (Å²) in [5, 5.41) is 3.12. The summed E-state index contributed by atoms with van der Waals surface area (Å²) in [5.74, 6) is 0.500. The first kappa shape index (κ1) is 13.7. The number of aryl methyl sites for hydroxylation is 1. The number of aliphatic imine (C=N–C) groups is 1. The lowest BCUT2D eigenvalue weighted by atomic mass is 9.97. The fourth-order valence-electron chi connectivity index (χ4n) is 2.28. The van der Waals surface area contributed by atoms with Gasteiger partial charge in [-0.1, -0.05) is 29.3 Å². The molecule has 0 saturated heterocycles. The zero-order chi connectivity index (χ0) is 13.5. The standard InChI is InChI=1S/C16H23N3/c1-13-7-9-15(10-8-13)19-16(17)18-12-11-14-5-3-2-4-6-14/h5,7-10H,2-4,6,11-12H2,1H3,(H3,17,18,19). The van der Waals surface area contributed by atoms with Crippen molar-refractivity contribution in [2.45, 2.75) is 39.0 Å². The van der Waals surface area contributed by atoms with Crippen LogP contribution in [0.3, 0.4) is 0 Å². The van der Waals surface area contributed by atoms with E-state index in [-0.39, 0.29) is 0 Å². The molecular formula is C16H23N3. The highest BCUT2D eigenvalue weighted by Crippen LogP contribution is 2.19. The Bertz CT molecular complexity index is 457. The van der Waals surface area contributed by atoms with Crippen LogP contribution in [0, 0.1) is 6.92 Å². The van der Waals surface area contributed by atoms with E-state index in [1.54, 1.807) is 0 Å². The van der Waals surface area contributed by atoms with Crippen LogP contribution in [0.15, 0.2) is 40.9 Å². The van der Waals surface area contributed by atoms with Gasteiger partial charge >= 0.3 is 0 Å². The van der Waals surface area contributed by atoms with Gasteiger partial charge in [0.15, 0.2) is 5.96 Å². The van der Waals surface area contributed by atoms with Crippen molar-refractivity contribution in [3.05, 3.63) is 41.5 Å². The number of guanidine groups is 1. The number of hydrogen-bond donors (Lipinski definition) is 2. The van der Waals surface area contributed by atoms with Crippen molar-refractivity contribution in [2.75, 3.05) is 11.9 Å². The topological polar surface area (TPSA) is 50.4 Å². The highest BCUT2D eigenvalue weighted by atomic mass is 15.1. The first-order chi connectivity index (χ1) is 9.24. The van der Waals surface area contributed by atoms with Crippen molar-refractivity contribution >= 4 is 11.6 Å². The number of nitrogens with one attached hydrogen (secondary N) is 1. The van der Waals surface area contributed by atoms with Crippen LogP contribution in [0.5, 0.6) is 0 Å². The van der Waals surface area contributed by atoms with Gasteiger partial charge in [0, 0.05) is 12.2 Å². The van der Waals surface area contributed by atoms with Crippen molar-refractivity contribution in [1.82, 2.24) is 0 Å². The van der Waals surface area contributed by atoms with Crippen molar-refractivity contribution < 1.29 is 0 Å². The minimum Gasteiger partial charge on any atom is -0.370 e. The summed E-state index contributed by atoms with van der Waals surface area (Å²) in [4.78, 5) is 4.38. The van der Waals surface area contributed by atoms with E-state index in [1.807, 2.05) is 12.1 Å². The molecule has 102 valence electrons. The molecule has 1 aliphatic rings. The predicted molar refractivity (Wildman–Crippen MR) is 82.5 cm³/mol. The van der Waals surface area contributed by atoms with Gasteiger partial charge in [-0.05, 0) is 51.2 Å². The Balaban J connectivity index is 1.79. The summed E-state index contributed by atoms with van der Waals surface area (Å²) in [6.07, 6.45) is 8.53. The minimum atomic E-state index is 0.500. The van der Waals surface area contributed by atoms with Gasteiger partial charge in [-0.15, -0.1) is 0 Å². The molecular weight excluding hydrogens is 234 g/mol. The molecule has 3 nitrogen and oxygen atoms in total. The molecule has 0 spiro atoms. The second-order valence-electron chi connectivity index (χ2n) is 5.12. The molecule has 0 bridgehead atoms. The van der Waals surface area contributed by atoms with Crippen LogP contribution in [0.4, 0.5) is 5.69 Å². The first-order valence-electron chi connectivity index (χ1n) is 7.05. The summed E-state index contributed by atoms with van der Waals surface area (Å²) in [5.41, 5.74) is 9.65. The molecule has 0 heterocycles.